The summed E-state index contributed by atoms with van der Waals surface area (Å²) in [5, 5.41) is 9.80. The topological polar surface area (TPSA) is 79.1 Å². The van der Waals surface area contributed by atoms with E-state index in [0.29, 0.717) is 17.0 Å². The third-order valence-corrected chi connectivity index (χ3v) is 5.10. The first kappa shape index (κ1) is 18.9. The fourth-order valence-electron chi connectivity index (χ4n) is 3.57. The Morgan fingerprint density at radius 3 is 2.34 bits per heavy atom. The number of anilines is 1. The van der Waals surface area contributed by atoms with Crippen LogP contribution in [0.5, 0.6) is 0 Å². The van der Waals surface area contributed by atoms with Crippen molar-refractivity contribution in [3.63, 3.8) is 0 Å². The molecular formula is C23H22N4O2. The van der Waals surface area contributed by atoms with Gasteiger partial charge in [-0.15, -0.1) is 0 Å². The summed E-state index contributed by atoms with van der Waals surface area (Å²) in [5.74, 6) is -1.10. The molecule has 2 aromatic carbocycles. The van der Waals surface area contributed by atoms with Gasteiger partial charge in [0.1, 0.15) is 12.3 Å². The van der Waals surface area contributed by atoms with E-state index < -0.39 is 11.9 Å². The van der Waals surface area contributed by atoms with Gasteiger partial charge in [0.15, 0.2) is 11.7 Å². The predicted octanol–water partition coefficient (Wildman–Crippen LogP) is 3.97. The number of ether oxygens (including phenoxy) is 1. The van der Waals surface area contributed by atoms with Gasteiger partial charge in [0.25, 0.3) is 0 Å². The molecule has 6 nitrogen and oxygen atoms in total. The summed E-state index contributed by atoms with van der Waals surface area (Å²) >= 11 is 0. The molecule has 1 fully saturated rings. The second kappa shape index (κ2) is 8.70. The molecule has 3 aromatic rings. The third-order valence-electron chi connectivity index (χ3n) is 5.10. The molecule has 1 atom stereocenters. The Balaban J connectivity index is 1.67. The number of fused-ring (bicyclic) bond motifs is 1. The van der Waals surface area contributed by atoms with E-state index in [9.17, 15) is 10.1 Å². The number of nitrogens with zero attached hydrogens (tertiary/aromatic N) is 4. The number of hydrogen-bond acceptors (Lipinski definition) is 6. The first-order valence-corrected chi connectivity index (χ1v) is 9.88. The molecule has 2 heterocycles. The van der Waals surface area contributed by atoms with Crippen LogP contribution in [0.15, 0.2) is 54.6 Å². The highest BCUT2D eigenvalue weighted by molar-refractivity contribution is 5.85. The Morgan fingerprint density at radius 1 is 1.00 bits per heavy atom. The summed E-state index contributed by atoms with van der Waals surface area (Å²) in [7, 11) is 0. The van der Waals surface area contributed by atoms with Crippen LogP contribution in [-0.2, 0) is 16.1 Å². The van der Waals surface area contributed by atoms with Crippen molar-refractivity contribution in [2.45, 2.75) is 31.8 Å². The van der Waals surface area contributed by atoms with E-state index in [4.69, 9.17) is 9.72 Å². The van der Waals surface area contributed by atoms with Gasteiger partial charge in [-0.25, -0.2) is 9.97 Å². The first-order valence-electron chi connectivity index (χ1n) is 9.88. The molecule has 1 aromatic heterocycles. The summed E-state index contributed by atoms with van der Waals surface area (Å²) in [6.07, 6.45) is 3.29. The monoisotopic (exact) mass is 386 g/mol. The molecule has 0 spiro atoms. The summed E-state index contributed by atoms with van der Waals surface area (Å²) < 4.78 is 5.44. The van der Waals surface area contributed by atoms with E-state index in [1.165, 1.54) is 6.42 Å². The van der Waals surface area contributed by atoms with Crippen LogP contribution < -0.4 is 4.90 Å². The van der Waals surface area contributed by atoms with Crippen LogP contribution in [0.2, 0.25) is 0 Å². The number of carbonyl (C=O) groups excluding carboxylic acids is 1. The SMILES string of the molecule is N#C[C@H](C(=O)OCc1ccccc1)c1nc2ccccc2nc1N1CCCCC1. The van der Waals surface area contributed by atoms with Crippen molar-refractivity contribution in [2.24, 2.45) is 0 Å². The largest absolute Gasteiger partial charge is 0.460 e. The average Bonchev–Trinajstić information content (AvgIpc) is 2.79. The van der Waals surface area contributed by atoms with Gasteiger partial charge < -0.3 is 9.64 Å². The minimum Gasteiger partial charge on any atom is -0.460 e. The molecule has 0 amide bonds. The summed E-state index contributed by atoms with van der Waals surface area (Å²) in [6.45, 7) is 1.81. The highest BCUT2D eigenvalue weighted by Gasteiger charge is 2.30. The number of carbonyl (C=O) groups is 1. The van der Waals surface area contributed by atoms with Crippen molar-refractivity contribution < 1.29 is 9.53 Å². The highest BCUT2D eigenvalue weighted by Crippen LogP contribution is 2.29. The summed E-state index contributed by atoms with van der Waals surface area (Å²) in [4.78, 5) is 24.4. The Hall–Kier alpha value is -3.46. The fourth-order valence-corrected chi connectivity index (χ4v) is 3.57. The lowest BCUT2D eigenvalue weighted by Crippen LogP contribution is -2.32. The number of piperidine rings is 1. The second-order valence-corrected chi connectivity index (χ2v) is 7.12. The zero-order chi connectivity index (χ0) is 20.1. The average molecular weight is 386 g/mol. The number of esters is 1. The molecule has 0 radical (unpaired) electrons. The molecule has 0 saturated carbocycles. The molecule has 1 aliphatic heterocycles. The van der Waals surface area contributed by atoms with Crippen LogP contribution >= 0.6 is 0 Å². The maximum absolute atomic E-state index is 12.8. The molecule has 29 heavy (non-hydrogen) atoms. The quantitative estimate of drug-likeness (QED) is 0.617. The van der Waals surface area contributed by atoms with Crippen LogP contribution in [-0.4, -0.2) is 29.0 Å². The lowest BCUT2D eigenvalue weighted by atomic mass is 10.0. The lowest BCUT2D eigenvalue weighted by molar-refractivity contribution is -0.145. The number of para-hydroxylation sites is 2. The van der Waals surface area contributed by atoms with Crippen LogP contribution in [0.25, 0.3) is 11.0 Å². The Labute approximate surface area is 169 Å². The summed E-state index contributed by atoms with van der Waals surface area (Å²) in [6, 6.07) is 19.0. The Bertz CT molecular complexity index is 1040. The molecule has 4 rings (SSSR count). The molecule has 1 aliphatic rings. The van der Waals surface area contributed by atoms with Gasteiger partial charge in [-0.05, 0) is 37.0 Å². The predicted molar refractivity (Wildman–Crippen MR) is 110 cm³/mol. The van der Waals surface area contributed by atoms with E-state index in [-0.39, 0.29) is 6.61 Å². The van der Waals surface area contributed by atoms with E-state index in [0.717, 1.165) is 37.0 Å². The van der Waals surface area contributed by atoms with Gasteiger partial charge in [0.05, 0.1) is 17.1 Å². The third kappa shape index (κ3) is 4.19. The van der Waals surface area contributed by atoms with Crippen molar-refractivity contribution in [1.29, 1.82) is 5.26 Å². The number of nitriles is 1. The molecule has 0 bridgehead atoms. The van der Waals surface area contributed by atoms with E-state index in [2.05, 4.69) is 16.0 Å². The zero-order valence-electron chi connectivity index (χ0n) is 16.1. The van der Waals surface area contributed by atoms with Crippen molar-refractivity contribution in [2.75, 3.05) is 18.0 Å². The number of benzene rings is 2. The lowest BCUT2D eigenvalue weighted by Gasteiger charge is -2.29. The van der Waals surface area contributed by atoms with Crippen molar-refractivity contribution in [3.8, 4) is 6.07 Å². The van der Waals surface area contributed by atoms with E-state index in [1.807, 2.05) is 54.6 Å². The summed E-state index contributed by atoms with van der Waals surface area (Å²) in [5.41, 5.74) is 2.68. The fraction of sp³-hybridized carbons (Fsp3) is 0.304. The Morgan fingerprint density at radius 2 is 1.66 bits per heavy atom. The molecular weight excluding hydrogens is 364 g/mol. The smallest absolute Gasteiger partial charge is 0.330 e. The van der Waals surface area contributed by atoms with E-state index in [1.54, 1.807) is 0 Å². The highest BCUT2D eigenvalue weighted by atomic mass is 16.5. The zero-order valence-corrected chi connectivity index (χ0v) is 16.1. The van der Waals surface area contributed by atoms with Crippen LogP contribution in [0.4, 0.5) is 5.82 Å². The first-order chi connectivity index (χ1) is 14.3. The molecule has 0 N–H and O–H groups in total. The maximum Gasteiger partial charge on any atom is 0.330 e. The molecule has 6 heteroatoms. The van der Waals surface area contributed by atoms with Gasteiger partial charge in [-0.1, -0.05) is 42.5 Å². The normalized spacial score (nSPS) is 14.9. The van der Waals surface area contributed by atoms with Gasteiger partial charge in [0, 0.05) is 13.1 Å². The molecule has 0 unspecified atom stereocenters. The van der Waals surface area contributed by atoms with Gasteiger partial charge >= 0.3 is 5.97 Å². The van der Waals surface area contributed by atoms with E-state index >= 15 is 0 Å². The number of hydrogen-bond donors (Lipinski definition) is 0. The number of rotatable bonds is 5. The Kier molecular flexibility index (Phi) is 5.66. The minimum absolute atomic E-state index is 0.123. The minimum atomic E-state index is -1.12. The number of aromatic nitrogens is 2. The van der Waals surface area contributed by atoms with Crippen molar-refractivity contribution >= 4 is 22.8 Å². The molecule has 1 saturated heterocycles. The van der Waals surface area contributed by atoms with Gasteiger partial charge in [-0.2, -0.15) is 5.26 Å². The molecule has 146 valence electrons. The van der Waals surface area contributed by atoms with Crippen molar-refractivity contribution in [3.05, 3.63) is 65.9 Å². The second-order valence-electron chi connectivity index (χ2n) is 7.12. The van der Waals surface area contributed by atoms with Gasteiger partial charge in [-0.3, -0.25) is 4.79 Å². The van der Waals surface area contributed by atoms with Crippen LogP contribution in [0, 0.1) is 11.3 Å². The van der Waals surface area contributed by atoms with Crippen LogP contribution in [0.1, 0.15) is 36.4 Å². The van der Waals surface area contributed by atoms with Gasteiger partial charge in [0.2, 0.25) is 0 Å². The standard InChI is InChI=1S/C23H22N4O2/c24-15-18(23(28)29-16-17-9-3-1-4-10-17)21-22(27-13-7-2-8-14-27)26-20-12-6-5-11-19(20)25-21/h1,3-6,9-12,18H,2,7-8,13-14,16H2/t18-/m0/s1. The maximum atomic E-state index is 12.8. The van der Waals surface area contributed by atoms with Crippen LogP contribution in [0.3, 0.4) is 0 Å². The van der Waals surface area contributed by atoms with Crippen molar-refractivity contribution in [1.82, 2.24) is 9.97 Å². The molecule has 0 aliphatic carbocycles.